The Morgan fingerprint density at radius 1 is 0.844 bits per heavy atom. The highest BCUT2D eigenvalue weighted by Crippen LogP contribution is 2.54. The van der Waals surface area contributed by atoms with Gasteiger partial charge in [0.1, 0.15) is 5.75 Å². The third-order valence-electron chi connectivity index (χ3n) is 6.03. The van der Waals surface area contributed by atoms with Crippen LogP contribution in [0.25, 0.3) is 0 Å². The van der Waals surface area contributed by atoms with Crippen molar-refractivity contribution in [3.63, 3.8) is 0 Å². The summed E-state index contributed by atoms with van der Waals surface area (Å²) in [5.74, 6) is -2.19. The zero-order chi connectivity index (χ0) is 22.2. The molecule has 3 atom stereocenters. The molecule has 0 saturated carbocycles. The lowest BCUT2D eigenvalue weighted by Gasteiger charge is -2.24. The molecule has 7 heteroatoms. The molecule has 1 heterocycles. The minimum absolute atomic E-state index is 0.138. The van der Waals surface area contributed by atoms with Gasteiger partial charge in [0, 0.05) is 17.4 Å². The quantitative estimate of drug-likeness (QED) is 0.610. The van der Waals surface area contributed by atoms with Gasteiger partial charge < -0.3 is 24.4 Å². The van der Waals surface area contributed by atoms with Crippen molar-refractivity contribution in [1.29, 1.82) is 0 Å². The number of carbonyl (C=O) groups is 2. The Labute approximate surface area is 183 Å². The number of aliphatic carboxylic acids is 2. The molecule has 162 valence electrons. The van der Waals surface area contributed by atoms with Gasteiger partial charge in [0.15, 0.2) is 18.1 Å². The van der Waals surface area contributed by atoms with Crippen LogP contribution < -0.4 is 14.2 Å². The molecule has 3 aromatic rings. The largest absolute Gasteiger partial charge is 0.482 e. The third-order valence-corrected chi connectivity index (χ3v) is 6.03. The van der Waals surface area contributed by atoms with E-state index in [9.17, 15) is 14.7 Å². The summed E-state index contributed by atoms with van der Waals surface area (Å²) >= 11 is 0. The number of hydrogen-bond donors (Lipinski definition) is 2. The second-order valence-electron chi connectivity index (χ2n) is 7.78. The van der Waals surface area contributed by atoms with E-state index in [1.54, 1.807) is 30.3 Å². The fourth-order valence-corrected chi connectivity index (χ4v) is 4.80. The van der Waals surface area contributed by atoms with Gasteiger partial charge in [-0.3, -0.25) is 4.79 Å². The molecule has 0 saturated heterocycles. The van der Waals surface area contributed by atoms with E-state index in [1.807, 2.05) is 36.4 Å². The van der Waals surface area contributed by atoms with Crippen molar-refractivity contribution in [1.82, 2.24) is 0 Å². The summed E-state index contributed by atoms with van der Waals surface area (Å²) in [5, 5.41) is 19.4. The first-order chi connectivity index (χ1) is 15.5. The van der Waals surface area contributed by atoms with Crippen molar-refractivity contribution in [3.8, 4) is 17.2 Å². The van der Waals surface area contributed by atoms with Gasteiger partial charge in [-0.05, 0) is 34.9 Å². The van der Waals surface area contributed by atoms with Gasteiger partial charge in [0.25, 0.3) is 0 Å². The first-order valence-electron chi connectivity index (χ1n) is 10.2. The first kappa shape index (κ1) is 19.9. The van der Waals surface area contributed by atoms with Gasteiger partial charge in [-0.1, -0.05) is 48.5 Å². The molecule has 32 heavy (non-hydrogen) atoms. The van der Waals surface area contributed by atoms with Crippen molar-refractivity contribution in [2.45, 2.75) is 11.8 Å². The molecule has 2 N–H and O–H groups in total. The molecule has 0 amide bonds. The lowest BCUT2D eigenvalue weighted by molar-refractivity contribution is -0.142. The molecule has 7 nitrogen and oxygen atoms in total. The Hall–Kier alpha value is -4.00. The van der Waals surface area contributed by atoms with E-state index >= 15 is 0 Å². The summed E-state index contributed by atoms with van der Waals surface area (Å²) in [6, 6.07) is 20.2. The van der Waals surface area contributed by atoms with Crippen LogP contribution in [0.15, 0.2) is 66.7 Å². The van der Waals surface area contributed by atoms with Gasteiger partial charge in [0.2, 0.25) is 6.79 Å². The average molecular weight is 432 g/mol. The van der Waals surface area contributed by atoms with Gasteiger partial charge >= 0.3 is 11.9 Å². The van der Waals surface area contributed by atoms with Crippen LogP contribution in [0.1, 0.15) is 34.1 Å². The molecule has 1 aliphatic carbocycles. The van der Waals surface area contributed by atoms with E-state index in [4.69, 9.17) is 19.3 Å². The van der Waals surface area contributed by atoms with Gasteiger partial charge in [-0.25, -0.2) is 4.79 Å². The van der Waals surface area contributed by atoms with Crippen LogP contribution in [0.3, 0.4) is 0 Å². The second kappa shape index (κ2) is 7.92. The predicted molar refractivity (Wildman–Crippen MR) is 113 cm³/mol. The number of hydrogen-bond acceptors (Lipinski definition) is 5. The molecule has 0 spiro atoms. The molecule has 3 aromatic carbocycles. The summed E-state index contributed by atoms with van der Waals surface area (Å²) in [6.45, 7) is -0.367. The molecule has 3 unspecified atom stereocenters. The van der Waals surface area contributed by atoms with Crippen LogP contribution in [0.5, 0.6) is 17.2 Å². The van der Waals surface area contributed by atoms with Crippen molar-refractivity contribution < 1.29 is 34.0 Å². The van der Waals surface area contributed by atoms with E-state index in [0.29, 0.717) is 22.8 Å². The van der Waals surface area contributed by atoms with Crippen molar-refractivity contribution in [2.24, 2.45) is 5.92 Å². The minimum atomic E-state index is -1.10. The second-order valence-corrected chi connectivity index (χ2v) is 7.78. The maximum absolute atomic E-state index is 12.7. The monoisotopic (exact) mass is 432 g/mol. The van der Waals surface area contributed by atoms with Crippen LogP contribution >= 0.6 is 0 Å². The Morgan fingerprint density at radius 3 is 2.22 bits per heavy atom. The molecular formula is C25H20O7. The summed E-state index contributed by atoms with van der Waals surface area (Å²) < 4.78 is 16.5. The zero-order valence-corrected chi connectivity index (χ0v) is 16.9. The lowest BCUT2D eigenvalue weighted by atomic mass is 9.79. The number of rotatable bonds is 6. The SMILES string of the molecule is O=C(O)COc1ccccc1C1c2ccccc2C(c2ccc3c(c2)OCO3)C1C(=O)O. The van der Waals surface area contributed by atoms with Gasteiger partial charge in [-0.2, -0.15) is 0 Å². The smallest absolute Gasteiger partial charge is 0.341 e. The van der Waals surface area contributed by atoms with Crippen molar-refractivity contribution >= 4 is 11.9 Å². The van der Waals surface area contributed by atoms with E-state index in [1.165, 1.54) is 0 Å². The summed E-state index contributed by atoms with van der Waals surface area (Å²) in [7, 11) is 0. The molecule has 5 rings (SSSR count). The molecule has 0 radical (unpaired) electrons. The van der Waals surface area contributed by atoms with Crippen LogP contribution in [-0.4, -0.2) is 35.6 Å². The molecule has 0 fully saturated rings. The topological polar surface area (TPSA) is 102 Å². The summed E-state index contributed by atoms with van der Waals surface area (Å²) in [6.07, 6.45) is 0. The molecule has 0 aromatic heterocycles. The number of carboxylic acids is 2. The Morgan fingerprint density at radius 2 is 1.50 bits per heavy atom. The Kier molecular flexibility index (Phi) is 4.93. The number of ether oxygens (including phenoxy) is 3. The fraction of sp³-hybridized carbons (Fsp3) is 0.200. The highest BCUT2D eigenvalue weighted by Gasteiger charge is 2.47. The lowest BCUT2D eigenvalue weighted by Crippen LogP contribution is -2.24. The van der Waals surface area contributed by atoms with Crippen molar-refractivity contribution in [2.75, 3.05) is 13.4 Å². The summed E-state index contributed by atoms with van der Waals surface area (Å²) in [4.78, 5) is 23.7. The fourth-order valence-electron chi connectivity index (χ4n) is 4.80. The van der Waals surface area contributed by atoms with E-state index in [2.05, 4.69) is 0 Å². The number of carboxylic acid groups (broad SMARTS) is 2. The molecular weight excluding hydrogens is 412 g/mol. The minimum Gasteiger partial charge on any atom is -0.482 e. The number of fused-ring (bicyclic) bond motifs is 2. The molecule has 0 bridgehead atoms. The van der Waals surface area contributed by atoms with Gasteiger partial charge in [0.05, 0.1) is 5.92 Å². The van der Waals surface area contributed by atoms with Crippen LogP contribution in [0.2, 0.25) is 0 Å². The standard InChI is InChI=1S/C25H20O7/c26-21(27)12-30-18-8-4-3-7-17(18)23-16-6-2-1-5-15(16)22(24(23)25(28)29)14-9-10-19-20(11-14)32-13-31-19/h1-11,22-24H,12-13H2,(H,26,27)(H,28,29). The zero-order valence-electron chi connectivity index (χ0n) is 16.9. The van der Waals surface area contributed by atoms with E-state index in [-0.39, 0.29) is 6.79 Å². The summed E-state index contributed by atoms with van der Waals surface area (Å²) in [5.41, 5.74) is 3.27. The molecule has 2 aliphatic rings. The highest BCUT2D eigenvalue weighted by atomic mass is 16.7. The van der Waals surface area contributed by atoms with Gasteiger partial charge in [-0.15, -0.1) is 0 Å². The Balaban J connectivity index is 1.65. The number of para-hydroxylation sites is 1. The normalized spacial score (nSPS) is 20.6. The average Bonchev–Trinajstić information content (AvgIpc) is 3.39. The third kappa shape index (κ3) is 3.32. The first-order valence-corrected chi connectivity index (χ1v) is 10.2. The highest BCUT2D eigenvalue weighted by molar-refractivity contribution is 5.78. The van der Waals surface area contributed by atoms with Crippen molar-refractivity contribution in [3.05, 3.63) is 89.0 Å². The van der Waals surface area contributed by atoms with E-state index in [0.717, 1.165) is 16.7 Å². The Bertz CT molecular complexity index is 1200. The number of benzene rings is 3. The predicted octanol–water partition coefficient (Wildman–Crippen LogP) is 3.86. The molecule has 1 aliphatic heterocycles. The van der Waals surface area contributed by atoms with Crippen LogP contribution in [0.4, 0.5) is 0 Å². The van der Waals surface area contributed by atoms with Crippen LogP contribution in [0, 0.1) is 5.92 Å². The maximum atomic E-state index is 12.7. The van der Waals surface area contributed by atoms with E-state index < -0.39 is 36.3 Å². The maximum Gasteiger partial charge on any atom is 0.341 e. The van der Waals surface area contributed by atoms with Crippen LogP contribution in [-0.2, 0) is 9.59 Å².